The largest absolute Gasteiger partial charge is 0.299 e. The molecule has 0 radical (unpaired) electrons. The monoisotopic (exact) mass is 490 g/mol. The van der Waals surface area contributed by atoms with Gasteiger partial charge in [-0.05, 0) is 0 Å². The molecule has 0 aromatic heterocycles. The number of hydrogen-bond donors (Lipinski definition) is 0. The van der Waals surface area contributed by atoms with Crippen LogP contribution in [0.3, 0.4) is 0 Å². The fraction of sp³-hybridized carbons (Fsp3) is 0.250. The number of nitrogens with zero attached hydrogens (tertiary/aromatic N) is 2. The van der Waals surface area contributed by atoms with E-state index in [1.165, 1.54) is 0 Å². The minimum Gasteiger partial charge on any atom is -0.299 e. The van der Waals surface area contributed by atoms with Crippen LogP contribution in [0.15, 0.2) is 48.5 Å². The van der Waals surface area contributed by atoms with E-state index in [-0.39, 0.29) is 33.8 Å². The van der Waals surface area contributed by atoms with Crippen molar-refractivity contribution in [1.82, 2.24) is 9.80 Å². The van der Waals surface area contributed by atoms with Gasteiger partial charge in [0, 0.05) is 33.8 Å². The van der Waals surface area contributed by atoms with Crippen molar-refractivity contribution in [1.29, 1.82) is 0 Å². The molecule has 2 aliphatic carbocycles. The average molecular weight is 491 g/mol. The van der Waals surface area contributed by atoms with Crippen molar-refractivity contribution in [3.63, 3.8) is 0 Å². The van der Waals surface area contributed by atoms with Crippen molar-refractivity contribution >= 4 is 58.5 Å². The first-order valence-electron chi connectivity index (χ1n) is 10.7. The van der Waals surface area contributed by atoms with E-state index in [1.807, 2.05) is 0 Å². The van der Waals surface area contributed by atoms with E-state index in [4.69, 9.17) is 0 Å². The third-order valence-corrected chi connectivity index (χ3v) is 10.2. The van der Waals surface area contributed by atoms with Gasteiger partial charge in [-0.2, -0.15) is 0 Å². The summed E-state index contributed by atoms with van der Waals surface area (Å²) in [4.78, 5) is 80.2. The number of rotatable bonds is 0. The molecule has 5 aliphatic rings. The van der Waals surface area contributed by atoms with Crippen LogP contribution in [0.5, 0.6) is 0 Å². The maximum Gasteiger partial charge on any atom is 0.248 e. The lowest BCUT2D eigenvalue weighted by molar-refractivity contribution is -0.160. The maximum atomic E-state index is 13.8. The quantitative estimate of drug-likeness (QED) is 0.511. The topological polar surface area (TPSA) is 109 Å². The Morgan fingerprint density at radius 3 is 1.15 bits per heavy atom. The van der Waals surface area contributed by atoms with E-state index < -0.39 is 56.8 Å². The first-order valence-corrected chi connectivity index (χ1v) is 12.6. The summed E-state index contributed by atoms with van der Waals surface area (Å²) in [7, 11) is 0. The molecule has 0 unspecified atom stereocenters. The Labute approximate surface area is 201 Å². The highest BCUT2D eigenvalue weighted by Crippen LogP contribution is 2.55. The second kappa shape index (κ2) is 6.25. The highest BCUT2D eigenvalue weighted by Gasteiger charge is 2.73. The molecule has 8 nitrogen and oxygen atoms in total. The second-order valence-corrected chi connectivity index (χ2v) is 11.2. The van der Waals surface area contributed by atoms with Crippen LogP contribution in [0.1, 0.15) is 41.4 Å². The summed E-state index contributed by atoms with van der Waals surface area (Å²) < 4.78 is 0. The van der Waals surface area contributed by atoms with Crippen molar-refractivity contribution in [2.75, 3.05) is 11.5 Å². The van der Waals surface area contributed by atoms with Crippen LogP contribution in [-0.4, -0.2) is 78.1 Å². The van der Waals surface area contributed by atoms with Crippen molar-refractivity contribution < 1.29 is 28.8 Å². The van der Waals surface area contributed by atoms with E-state index in [9.17, 15) is 28.8 Å². The molecule has 0 bridgehead atoms. The summed E-state index contributed by atoms with van der Waals surface area (Å²) in [6.07, 6.45) is 0. The number of fused-ring (bicyclic) bond motifs is 6. The van der Waals surface area contributed by atoms with Crippen LogP contribution in [0.2, 0.25) is 0 Å². The number of thioether (sulfide) groups is 2. The minimum atomic E-state index is -1.82. The van der Waals surface area contributed by atoms with E-state index in [2.05, 4.69) is 0 Å². The summed E-state index contributed by atoms with van der Waals surface area (Å²) in [5.74, 6) is -3.13. The summed E-state index contributed by atoms with van der Waals surface area (Å²) >= 11 is 1.96. The van der Waals surface area contributed by atoms with Gasteiger partial charge in [-0.3, -0.25) is 38.6 Å². The molecule has 0 N–H and O–H groups in total. The fourth-order valence-corrected chi connectivity index (χ4v) is 8.88. The predicted molar refractivity (Wildman–Crippen MR) is 122 cm³/mol. The number of piperazine rings is 1. The zero-order valence-corrected chi connectivity index (χ0v) is 19.0. The molecule has 0 saturated carbocycles. The van der Waals surface area contributed by atoms with Gasteiger partial charge in [-0.15, -0.1) is 23.5 Å². The van der Waals surface area contributed by atoms with Crippen molar-refractivity contribution in [2.45, 2.75) is 21.8 Å². The Bertz CT molecular complexity index is 1260. The number of ketones is 4. The highest BCUT2D eigenvalue weighted by molar-refractivity contribution is 8.03. The van der Waals surface area contributed by atoms with Crippen LogP contribution < -0.4 is 0 Å². The summed E-state index contributed by atoms with van der Waals surface area (Å²) in [6, 6.07) is 10.6. The molecule has 168 valence electrons. The lowest BCUT2D eigenvalue weighted by atomic mass is 9.97. The van der Waals surface area contributed by atoms with Crippen LogP contribution in [0, 0.1) is 0 Å². The van der Waals surface area contributed by atoms with Gasteiger partial charge in [-0.1, -0.05) is 48.5 Å². The molecule has 2 amide bonds. The van der Waals surface area contributed by atoms with Crippen molar-refractivity contribution in [3.8, 4) is 0 Å². The van der Waals surface area contributed by atoms with Gasteiger partial charge in [0.25, 0.3) is 0 Å². The summed E-state index contributed by atoms with van der Waals surface area (Å²) in [6.45, 7) is 0. The van der Waals surface area contributed by atoms with E-state index in [0.29, 0.717) is 0 Å². The third kappa shape index (κ3) is 1.94. The van der Waals surface area contributed by atoms with Gasteiger partial charge in [0.1, 0.15) is 12.1 Å². The van der Waals surface area contributed by atoms with Crippen molar-refractivity contribution in [3.05, 3.63) is 70.8 Å². The predicted octanol–water partition coefficient (Wildman–Crippen LogP) is 1.44. The highest BCUT2D eigenvalue weighted by atomic mass is 32.2. The molecule has 3 saturated heterocycles. The van der Waals surface area contributed by atoms with Gasteiger partial charge < -0.3 is 0 Å². The Hall–Kier alpha value is -3.24. The number of benzene rings is 2. The number of hydrogen-bond acceptors (Lipinski definition) is 8. The summed E-state index contributed by atoms with van der Waals surface area (Å²) in [5, 5.41) is 0. The van der Waals surface area contributed by atoms with Crippen LogP contribution in [0.4, 0.5) is 0 Å². The van der Waals surface area contributed by atoms with Crippen LogP contribution in [0.25, 0.3) is 0 Å². The Morgan fingerprint density at radius 1 is 0.559 bits per heavy atom. The van der Waals surface area contributed by atoms with Crippen molar-refractivity contribution in [2.24, 2.45) is 0 Å². The lowest BCUT2D eigenvalue weighted by Gasteiger charge is -2.45. The molecule has 3 aliphatic heterocycles. The first-order chi connectivity index (χ1) is 16.4. The van der Waals surface area contributed by atoms with Gasteiger partial charge in [0.2, 0.25) is 44.7 Å². The van der Waals surface area contributed by atoms with Gasteiger partial charge in [-0.25, -0.2) is 0 Å². The molecule has 7 rings (SSSR count). The second-order valence-electron chi connectivity index (χ2n) is 8.77. The van der Waals surface area contributed by atoms with E-state index >= 15 is 0 Å². The average Bonchev–Trinajstić information content (AvgIpc) is 3.56. The molecule has 2 aromatic carbocycles. The zero-order chi connectivity index (χ0) is 23.6. The molecule has 10 heteroatoms. The minimum absolute atomic E-state index is 0.0232. The van der Waals surface area contributed by atoms with Gasteiger partial charge in [0.15, 0.2) is 0 Å². The SMILES string of the molecule is O=C1[C@H]2CSC3(C(=O)c4ccccc4C3=O)N2C(=O)[C@H]2CSC3(C(=O)c4ccccc4C3=O)N12. The Balaban J connectivity index is 1.34. The molecular weight excluding hydrogens is 476 g/mol. The molecular formula is C24H14N2O6S2. The first kappa shape index (κ1) is 20.2. The third-order valence-electron chi connectivity index (χ3n) is 7.31. The van der Waals surface area contributed by atoms with Crippen LogP contribution in [-0.2, 0) is 9.59 Å². The molecule has 2 spiro atoms. The maximum absolute atomic E-state index is 13.8. The Morgan fingerprint density at radius 2 is 0.853 bits per heavy atom. The summed E-state index contributed by atoms with van der Waals surface area (Å²) in [5.41, 5.74) is 0.934. The van der Waals surface area contributed by atoms with Crippen LogP contribution >= 0.6 is 23.5 Å². The molecule has 3 heterocycles. The molecule has 34 heavy (non-hydrogen) atoms. The number of amides is 2. The molecule has 2 aromatic rings. The van der Waals surface area contributed by atoms with E-state index in [0.717, 1.165) is 33.3 Å². The van der Waals surface area contributed by atoms with Gasteiger partial charge in [0.05, 0.1) is 0 Å². The van der Waals surface area contributed by atoms with Gasteiger partial charge >= 0.3 is 0 Å². The number of Topliss-reactive ketones (excluding diaryl/α,β-unsaturated/α-hetero) is 4. The number of carbonyl (C=O) groups is 6. The van der Waals surface area contributed by atoms with E-state index in [1.54, 1.807) is 48.5 Å². The standard InChI is InChI=1S/C24H14N2O6S2/c27-17-11-5-1-2-6-12(11)18(28)23(17)25-15(9-33-23)22(32)26-16(21(25)31)10-34-24(26)19(29)13-7-3-4-8-14(13)20(24)30/h1-8,15-16H,9-10H2/t15-,16-/m1/s1. The zero-order valence-electron chi connectivity index (χ0n) is 17.3. The smallest absolute Gasteiger partial charge is 0.248 e. The Kier molecular flexibility index (Phi) is 3.71. The molecule has 3 fully saturated rings. The lowest BCUT2D eigenvalue weighted by Crippen LogP contribution is -2.72. The number of carbonyl (C=O) groups excluding carboxylic acids is 6. The fourth-order valence-electron chi connectivity index (χ4n) is 5.82. The normalized spacial score (nSPS) is 27.6. The molecule has 2 atom stereocenters.